The Hall–Kier alpha value is -2.74. The van der Waals surface area contributed by atoms with Gasteiger partial charge in [0.25, 0.3) is 0 Å². The lowest BCUT2D eigenvalue weighted by molar-refractivity contribution is -0.148. The summed E-state index contributed by atoms with van der Waals surface area (Å²) in [6.07, 6.45) is 6.77. The summed E-state index contributed by atoms with van der Waals surface area (Å²) in [5.41, 5.74) is 0.964. The number of aromatic amines is 1. The zero-order valence-corrected chi connectivity index (χ0v) is 22.6. The molecule has 8 heteroatoms. The first-order chi connectivity index (χ1) is 17.2. The molecule has 0 aliphatic heterocycles. The largest absolute Gasteiger partial charge is 0.464 e. The summed E-state index contributed by atoms with van der Waals surface area (Å²) in [5.74, 6) is -1.17. The summed E-state index contributed by atoms with van der Waals surface area (Å²) in [7, 11) is 0. The lowest BCUT2D eigenvalue weighted by Crippen LogP contribution is -2.61. The van der Waals surface area contributed by atoms with Crippen LogP contribution in [0.4, 0.5) is 0 Å². The summed E-state index contributed by atoms with van der Waals surface area (Å²) < 4.78 is 5.53. The second-order valence-corrected chi connectivity index (χ2v) is 10.7. The Kier molecular flexibility index (Phi) is 9.65. The monoisotopic (exact) mass is 513 g/mol. The van der Waals surface area contributed by atoms with Crippen molar-refractivity contribution in [1.29, 1.82) is 0 Å². The zero-order valence-electron chi connectivity index (χ0n) is 21.8. The van der Waals surface area contributed by atoms with Gasteiger partial charge in [0.15, 0.2) is 0 Å². The lowest BCUT2D eigenvalue weighted by atomic mass is 9.89. The molecular weight excluding hydrogens is 474 g/mol. The highest BCUT2D eigenvalue weighted by Crippen LogP contribution is 2.32. The summed E-state index contributed by atoms with van der Waals surface area (Å²) in [4.78, 5) is 42.8. The van der Waals surface area contributed by atoms with Crippen molar-refractivity contribution in [3.8, 4) is 0 Å². The zero-order chi connectivity index (χ0) is 26.3. The normalized spacial score (nSPS) is 16.5. The van der Waals surface area contributed by atoms with Gasteiger partial charge < -0.3 is 20.4 Å². The van der Waals surface area contributed by atoms with E-state index in [0.29, 0.717) is 30.9 Å². The van der Waals surface area contributed by atoms with E-state index in [1.165, 1.54) is 6.92 Å². The van der Waals surface area contributed by atoms with E-state index in [1.807, 2.05) is 51.2 Å². The molecule has 1 aromatic carbocycles. The molecule has 2 unspecified atom stereocenters. The van der Waals surface area contributed by atoms with Gasteiger partial charge >= 0.3 is 5.97 Å². The van der Waals surface area contributed by atoms with Crippen molar-refractivity contribution in [2.75, 3.05) is 6.61 Å². The molecule has 196 valence electrons. The molecule has 3 rings (SSSR count). The van der Waals surface area contributed by atoms with Gasteiger partial charge in [0, 0.05) is 23.5 Å². The molecule has 36 heavy (non-hydrogen) atoms. The van der Waals surface area contributed by atoms with Gasteiger partial charge in [-0.05, 0) is 43.7 Å². The molecule has 1 amide bonds. The van der Waals surface area contributed by atoms with Crippen LogP contribution < -0.4 is 10.6 Å². The van der Waals surface area contributed by atoms with Gasteiger partial charge in [-0.2, -0.15) is 0 Å². The maximum Gasteiger partial charge on any atom is 0.328 e. The average molecular weight is 514 g/mol. The van der Waals surface area contributed by atoms with E-state index in [0.717, 1.165) is 42.1 Å². The second-order valence-electron chi connectivity index (χ2n) is 10.2. The van der Waals surface area contributed by atoms with Gasteiger partial charge in [-0.3, -0.25) is 9.59 Å². The molecule has 0 radical (unpaired) electrons. The van der Waals surface area contributed by atoms with E-state index >= 15 is 0 Å². The molecule has 7 nitrogen and oxygen atoms in total. The molecule has 1 saturated carbocycles. The highest BCUT2D eigenvalue weighted by Gasteiger charge is 2.44. The number of benzene rings is 1. The highest BCUT2D eigenvalue weighted by molar-refractivity contribution is 7.80. The van der Waals surface area contributed by atoms with Gasteiger partial charge in [-0.15, -0.1) is 0 Å². The molecule has 3 N–H and O–H groups in total. The van der Waals surface area contributed by atoms with Crippen molar-refractivity contribution in [1.82, 2.24) is 15.6 Å². The molecule has 1 aliphatic rings. The van der Waals surface area contributed by atoms with Crippen molar-refractivity contribution in [3.63, 3.8) is 0 Å². The summed E-state index contributed by atoms with van der Waals surface area (Å²) in [5, 5.41) is 7.29. The molecule has 0 spiro atoms. The van der Waals surface area contributed by atoms with Crippen LogP contribution in [0.5, 0.6) is 0 Å². The number of ether oxygens (including phenoxy) is 1. The number of fused-ring (bicyclic) bond motifs is 1. The number of hydrogen-bond donors (Lipinski definition) is 3. The van der Waals surface area contributed by atoms with E-state index in [2.05, 4.69) is 15.6 Å². The third-order valence-corrected chi connectivity index (χ3v) is 7.43. The number of rotatable bonds is 12. The van der Waals surface area contributed by atoms with Crippen molar-refractivity contribution in [2.45, 2.75) is 84.2 Å². The van der Waals surface area contributed by atoms with Gasteiger partial charge in [0.05, 0.1) is 17.5 Å². The average Bonchev–Trinajstić information content (AvgIpc) is 3.46. The van der Waals surface area contributed by atoms with Crippen LogP contribution in [0, 0.1) is 11.8 Å². The first-order valence-corrected chi connectivity index (χ1v) is 13.4. The van der Waals surface area contributed by atoms with Crippen LogP contribution in [-0.2, 0) is 25.5 Å². The van der Waals surface area contributed by atoms with Crippen LogP contribution in [0.1, 0.15) is 71.8 Å². The number of carbonyl (C=O) groups is 3. The summed E-state index contributed by atoms with van der Waals surface area (Å²) >= 11 is 5.63. The van der Waals surface area contributed by atoms with E-state index in [9.17, 15) is 14.4 Å². The highest BCUT2D eigenvalue weighted by atomic mass is 32.1. The van der Waals surface area contributed by atoms with E-state index in [4.69, 9.17) is 17.0 Å². The number of unbranched alkanes of at least 4 members (excludes halogenated alkanes) is 1. The van der Waals surface area contributed by atoms with E-state index < -0.39 is 23.5 Å². The predicted molar refractivity (Wildman–Crippen MR) is 146 cm³/mol. The maximum atomic E-state index is 13.8. The Balaban J connectivity index is 1.83. The number of H-pyrrole nitrogens is 1. The van der Waals surface area contributed by atoms with Crippen LogP contribution in [0.2, 0.25) is 0 Å². The number of nitrogens with one attached hydrogen (secondary N) is 3. The quantitative estimate of drug-likeness (QED) is 0.217. The Labute approximate surface area is 219 Å². The third kappa shape index (κ3) is 6.52. The van der Waals surface area contributed by atoms with Crippen molar-refractivity contribution >= 4 is 45.8 Å². The van der Waals surface area contributed by atoms with E-state index in [1.54, 1.807) is 0 Å². The van der Waals surface area contributed by atoms with Crippen LogP contribution in [0.25, 0.3) is 10.9 Å². The number of hydrogen-bond acceptors (Lipinski definition) is 5. The third-order valence-electron chi connectivity index (χ3n) is 7.07. The van der Waals surface area contributed by atoms with Crippen molar-refractivity contribution < 1.29 is 19.1 Å². The minimum absolute atomic E-state index is 0.0205. The number of para-hydroxylation sites is 1. The Bertz CT molecular complexity index is 1090. The molecule has 1 aliphatic carbocycles. The molecule has 2 atom stereocenters. The van der Waals surface area contributed by atoms with E-state index in [-0.39, 0.29) is 17.6 Å². The second kappa shape index (κ2) is 12.5. The van der Waals surface area contributed by atoms with Crippen LogP contribution in [0.15, 0.2) is 30.5 Å². The number of ketones is 1. The molecule has 2 aromatic rings. The molecule has 1 fully saturated rings. The first kappa shape index (κ1) is 27.8. The standard InChI is InChI=1S/C28H39N3O4S/c1-5-6-15-35-26(33)23(16-20-17-29-22-12-8-7-11-21(20)22)30-27(34)28(13-9-10-14-28)31-25(36)24(18(2)3)19(4)32/h7-8,11-12,17-18,23-24,29H,5-6,9-10,13-16H2,1-4H3,(H,30,34)(H,31,36). The number of carbonyl (C=O) groups excluding carboxylic acids is 3. The van der Waals surface area contributed by atoms with Gasteiger partial charge in [-0.25, -0.2) is 4.79 Å². The van der Waals surface area contributed by atoms with Gasteiger partial charge in [-0.1, -0.05) is 70.5 Å². The number of amides is 1. The topological polar surface area (TPSA) is 100 Å². The number of esters is 1. The van der Waals surface area contributed by atoms with Gasteiger partial charge in [0.1, 0.15) is 17.4 Å². The Morgan fingerprint density at radius 3 is 2.50 bits per heavy atom. The van der Waals surface area contributed by atoms with Crippen molar-refractivity contribution in [3.05, 3.63) is 36.0 Å². The first-order valence-electron chi connectivity index (χ1n) is 13.0. The molecule has 0 saturated heterocycles. The van der Waals surface area contributed by atoms with Gasteiger partial charge in [0.2, 0.25) is 5.91 Å². The van der Waals surface area contributed by atoms with Crippen molar-refractivity contribution in [2.24, 2.45) is 11.8 Å². The number of aromatic nitrogens is 1. The lowest BCUT2D eigenvalue weighted by Gasteiger charge is -2.34. The minimum atomic E-state index is -0.943. The fraction of sp³-hybridized carbons (Fsp3) is 0.571. The summed E-state index contributed by atoms with van der Waals surface area (Å²) in [6, 6.07) is 7.03. The molecule has 1 aromatic heterocycles. The Morgan fingerprint density at radius 2 is 1.86 bits per heavy atom. The Morgan fingerprint density at radius 1 is 1.17 bits per heavy atom. The molecular formula is C28H39N3O4S. The predicted octanol–water partition coefficient (Wildman–Crippen LogP) is 4.63. The molecule has 1 heterocycles. The number of thiocarbonyl (C=S) groups is 1. The fourth-order valence-corrected chi connectivity index (χ4v) is 5.72. The van der Waals surface area contributed by atoms with Crippen LogP contribution in [0.3, 0.4) is 0 Å². The SMILES string of the molecule is CCCCOC(=O)C(Cc1c[nH]c2ccccc12)NC(=O)C1(NC(=S)C(C(C)=O)C(C)C)CCCC1. The summed E-state index contributed by atoms with van der Waals surface area (Å²) in [6.45, 7) is 7.78. The molecule has 0 bridgehead atoms. The minimum Gasteiger partial charge on any atom is -0.464 e. The smallest absolute Gasteiger partial charge is 0.328 e. The number of Topliss-reactive ketones (excluding diaryl/α,β-unsaturated/α-hetero) is 1. The van der Waals surface area contributed by atoms with Crippen LogP contribution in [-0.4, -0.2) is 45.8 Å². The van der Waals surface area contributed by atoms with Crippen LogP contribution >= 0.6 is 12.2 Å². The maximum absolute atomic E-state index is 13.8. The fourth-order valence-electron chi connectivity index (χ4n) is 5.09.